The van der Waals surface area contributed by atoms with Gasteiger partial charge in [-0.1, -0.05) is 20.1 Å². The van der Waals surface area contributed by atoms with E-state index in [4.69, 9.17) is 4.74 Å². The Bertz CT molecular complexity index is 713. The summed E-state index contributed by atoms with van der Waals surface area (Å²) in [6.45, 7) is 11.3. The van der Waals surface area contributed by atoms with Crippen LogP contribution in [0.25, 0.3) is 0 Å². The molecule has 7 unspecified atom stereocenters. The van der Waals surface area contributed by atoms with E-state index in [1.807, 2.05) is 6.92 Å². The van der Waals surface area contributed by atoms with Gasteiger partial charge in [0.15, 0.2) is 11.4 Å². The fourth-order valence-corrected chi connectivity index (χ4v) is 6.32. The molecule has 3 aliphatic carbocycles. The van der Waals surface area contributed by atoms with Crippen LogP contribution in [0, 0.1) is 22.7 Å². The summed E-state index contributed by atoms with van der Waals surface area (Å²) in [4.78, 5) is 25.5. The Labute approximate surface area is 147 Å². The molecule has 5 nitrogen and oxygen atoms in total. The summed E-state index contributed by atoms with van der Waals surface area (Å²) in [5.74, 6) is -1.33. The fourth-order valence-electron chi connectivity index (χ4n) is 6.32. The molecule has 5 heteroatoms. The highest BCUT2D eigenvalue weighted by molar-refractivity contribution is 5.96. The Hall–Kier alpha value is -1.46. The van der Waals surface area contributed by atoms with E-state index < -0.39 is 27.9 Å². The molecule has 3 saturated carbocycles. The van der Waals surface area contributed by atoms with Gasteiger partial charge in [-0.25, -0.2) is 0 Å². The summed E-state index contributed by atoms with van der Waals surface area (Å²) in [5, 5.41) is 22.6. The molecular weight excluding hydrogens is 320 g/mol. The Balaban J connectivity index is 1.83. The maximum absolute atomic E-state index is 13.2. The van der Waals surface area contributed by atoms with E-state index in [1.54, 1.807) is 6.92 Å². The van der Waals surface area contributed by atoms with Gasteiger partial charge in [0.05, 0.1) is 5.60 Å². The van der Waals surface area contributed by atoms with Gasteiger partial charge in [-0.15, -0.1) is 0 Å². The molecular formula is C20H26O5. The first-order chi connectivity index (χ1) is 11.6. The molecule has 4 aliphatic rings. The van der Waals surface area contributed by atoms with Crippen LogP contribution in [-0.2, 0) is 14.3 Å². The van der Waals surface area contributed by atoms with Crippen LogP contribution in [0.5, 0.6) is 0 Å². The number of fused-ring (bicyclic) bond motifs is 5. The number of ketones is 1. The van der Waals surface area contributed by atoms with E-state index in [9.17, 15) is 19.8 Å². The Morgan fingerprint density at radius 3 is 2.52 bits per heavy atom. The molecule has 0 spiro atoms. The van der Waals surface area contributed by atoms with Crippen molar-refractivity contribution in [3.8, 4) is 0 Å². The van der Waals surface area contributed by atoms with Crippen molar-refractivity contribution in [2.45, 2.75) is 63.3 Å². The van der Waals surface area contributed by atoms with Gasteiger partial charge in [-0.3, -0.25) is 9.59 Å². The summed E-state index contributed by atoms with van der Waals surface area (Å²) < 4.78 is 5.28. The lowest BCUT2D eigenvalue weighted by molar-refractivity contribution is -0.284. The minimum atomic E-state index is -1.75. The van der Waals surface area contributed by atoms with Gasteiger partial charge in [-0.2, -0.15) is 0 Å². The van der Waals surface area contributed by atoms with Crippen LogP contribution < -0.4 is 0 Å². The number of aliphatic hydroxyl groups is 2. The zero-order valence-electron chi connectivity index (χ0n) is 14.9. The molecule has 1 saturated heterocycles. The first-order valence-electron chi connectivity index (χ1n) is 9.08. The van der Waals surface area contributed by atoms with Gasteiger partial charge < -0.3 is 14.9 Å². The lowest BCUT2D eigenvalue weighted by atomic mass is 9.49. The Morgan fingerprint density at radius 1 is 1.24 bits per heavy atom. The van der Waals surface area contributed by atoms with E-state index in [0.29, 0.717) is 31.3 Å². The highest BCUT2D eigenvalue weighted by Gasteiger charge is 2.79. The highest BCUT2D eigenvalue weighted by atomic mass is 16.6. The number of Topliss-reactive ketones (excluding diaryl/α,β-unsaturated/α-hetero) is 1. The predicted molar refractivity (Wildman–Crippen MR) is 90.4 cm³/mol. The van der Waals surface area contributed by atoms with Gasteiger partial charge in [0.25, 0.3) is 0 Å². The average molecular weight is 346 g/mol. The molecule has 1 heterocycles. The predicted octanol–water partition coefficient (Wildman–Crippen LogP) is 1.92. The minimum Gasteiger partial charge on any atom is -0.460 e. The van der Waals surface area contributed by atoms with Crippen molar-refractivity contribution in [3.05, 3.63) is 24.8 Å². The topological polar surface area (TPSA) is 83.8 Å². The van der Waals surface area contributed by atoms with Crippen molar-refractivity contribution >= 4 is 11.8 Å². The lowest BCUT2D eigenvalue weighted by Crippen LogP contribution is -2.73. The Kier molecular flexibility index (Phi) is 3.14. The van der Waals surface area contributed by atoms with E-state index >= 15 is 0 Å². The van der Waals surface area contributed by atoms with Gasteiger partial charge in [-0.05, 0) is 56.6 Å². The van der Waals surface area contributed by atoms with Crippen molar-refractivity contribution in [2.75, 3.05) is 0 Å². The number of rotatable bonds is 1. The van der Waals surface area contributed by atoms with Crippen molar-refractivity contribution in [2.24, 2.45) is 22.7 Å². The second kappa shape index (κ2) is 4.63. The second-order valence-corrected chi connectivity index (χ2v) is 8.81. The van der Waals surface area contributed by atoms with Gasteiger partial charge in [0.1, 0.15) is 11.5 Å². The zero-order chi connectivity index (χ0) is 18.4. The number of hydrogen-bond acceptors (Lipinski definition) is 5. The largest absolute Gasteiger partial charge is 0.460 e. The molecule has 7 atom stereocenters. The molecule has 4 rings (SSSR count). The summed E-state index contributed by atoms with van der Waals surface area (Å²) in [7, 11) is 0. The first-order valence-corrected chi connectivity index (χ1v) is 9.08. The van der Waals surface area contributed by atoms with Crippen molar-refractivity contribution < 1.29 is 24.5 Å². The van der Waals surface area contributed by atoms with Crippen molar-refractivity contribution in [1.29, 1.82) is 0 Å². The molecule has 0 aromatic heterocycles. The quantitative estimate of drug-likeness (QED) is 0.560. The molecule has 0 amide bonds. The third-order valence-electron chi connectivity index (χ3n) is 8.17. The molecule has 4 fully saturated rings. The second-order valence-electron chi connectivity index (χ2n) is 8.81. The van der Waals surface area contributed by atoms with Crippen molar-refractivity contribution in [3.63, 3.8) is 0 Å². The van der Waals surface area contributed by atoms with Gasteiger partial charge >= 0.3 is 5.97 Å². The third-order valence-corrected chi connectivity index (χ3v) is 8.17. The molecule has 1 aliphatic heterocycles. The molecule has 2 N–H and O–H groups in total. The van der Waals surface area contributed by atoms with Crippen molar-refractivity contribution in [1.82, 2.24) is 0 Å². The third kappa shape index (κ3) is 1.58. The van der Waals surface area contributed by atoms with Crippen LogP contribution in [0.3, 0.4) is 0 Å². The first kappa shape index (κ1) is 17.0. The standard InChI is InChI=1S/C20H26O5/c1-5-19(23)11(2)6-7-13-12(15(19)21)10-20(24)17(13,3)9-8-14-18(20,4)16(22)25-14/h5,12-14,23-24H,1-2,6-10H2,3-4H3. The zero-order valence-corrected chi connectivity index (χ0v) is 14.9. The average Bonchev–Trinajstić information content (AvgIpc) is 2.77. The summed E-state index contributed by atoms with van der Waals surface area (Å²) in [5.41, 5.74) is -4.12. The van der Waals surface area contributed by atoms with E-state index in [-0.39, 0.29) is 30.2 Å². The van der Waals surface area contributed by atoms with E-state index in [1.165, 1.54) is 6.08 Å². The fraction of sp³-hybridized carbons (Fsp3) is 0.700. The van der Waals surface area contributed by atoms with Crippen LogP contribution in [0.2, 0.25) is 0 Å². The lowest BCUT2D eigenvalue weighted by Gasteiger charge is -2.62. The van der Waals surface area contributed by atoms with Crippen LogP contribution >= 0.6 is 0 Å². The minimum absolute atomic E-state index is 0.0955. The summed E-state index contributed by atoms with van der Waals surface area (Å²) >= 11 is 0. The summed E-state index contributed by atoms with van der Waals surface area (Å²) in [6, 6.07) is 0. The number of carbonyl (C=O) groups excluding carboxylic acids is 2. The van der Waals surface area contributed by atoms with E-state index in [0.717, 1.165) is 0 Å². The maximum Gasteiger partial charge on any atom is 0.318 e. The Morgan fingerprint density at radius 2 is 1.92 bits per heavy atom. The monoisotopic (exact) mass is 346 g/mol. The van der Waals surface area contributed by atoms with Gasteiger partial charge in [0.2, 0.25) is 0 Å². The number of esters is 1. The molecule has 0 radical (unpaired) electrons. The number of ether oxygens (including phenoxy) is 1. The van der Waals surface area contributed by atoms with Gasteiger partial charge in [0, 0.05) is 11.3 Å². The highest BCUT2D eigenvalue weighted by Crippen LogP contribution is 2.70. The molecule has 0 aromatic carbocycles. The van der Waals surface area contributed by atoms with Crippen LogP contribution in [0.15, 0.2) is 24.8 Å². The van der Waals surface area contributed by atoms with Crippen LogP contribution in [0.1, 0.15) is 46.0 Å². The number of carbonyl (C=O) groups is 2. The molecule has 0 aromatic rings. The maximum atomic E-state index is 13.2. The van der Waals surface area contributed by atoms with Crippen LogP contribution in [-0.4, -0.2) is 39.3 Å². The normalized spacial score (nSPS) is 54.6. The SMILES string of the molecule is C=CC1(O)C(=C)CCC2C(CC3(O)C2(C)CCC2OC(=O)C23C)C1=O. The van der Waals surface area contributed by atoms with Crippen LogP contribution in [0.4, 0.5) is 0 Å². The molecule has 25 heavy (non-hydrogen) atoms. The number of hydrogen-bond donors (Lipinski definition) is 2. The molecule has 0 bridgehead atoms. The van der Waals surface area contributed by atoms with E-state index in [2.05, 4.69) is 13.2 Å². The summed E-state index contributed by atoms with van der Waals surface area (Å²) in [6.07, 6.45) is 3.72. The molecule has 136 valence electrons. The smallest absolute Gasteiger partial charge is 0.318 e.